The SMILES string of the molecule is CCCC1CC1NC(=O)c1ccc(Br)c(C)c1. The van der Waals surface area contributed by atoms with Gasteiger partial charge < -0.3 is 5.32 Å². The van der Waals surface area contributed by atoms with Gasteiger partial charge in [-0.2, -0.15) is 0 Å². The van der Waals surface area contributed by atoms with Gasteiger partial charge in [0.05, 0.1) is 0 Å². The maximum absolute atomic E-state index is 12.0. The van der Waals surface area contributed by atoms with Crippen LogP contribution in [0.4, 0.5) is 0 Å². The van der Waals surface area contributed by atoms with E-state index < -0.39 is 0 Å². The van der Waals surface area contributed by atoms with Crippen LogP contribution in [0.5, 0.6) is 0 Å². The lowest BCUT2D eigenvalue weighted by Gasteiger charge is -2.06. The Kier molecular flexibility index (Phi) is 3.87. The molecule has 0 aliphatic heterocycles. The second kappa shape index (κ2) is 5.21. The topological polar surface area (TPSA) is 29.1 Å². The molecule has 2 atom stereocenters. The fourth-order valence-electron chi connectivity index (χ4n) is 2.15. The molecule has 1 N–H and O–H groups in total. The number of carbonyl (C=O) groups is 1. The minimum Gasteiger partial charge on any atom is -0.349 e. The maximum Gasteiger partial charge on any atom is 0.251 e. The molecule has 0 spiro atoms. The number of aryl methyl sites for hydroxylation is 1. The van der Waals surface area contributed by atoms with Crippen LogP contribution in [0.2, 0.25) is 0 Å². The van der Waals surface area contributed by atoms with E-state index in [0.29, 0.717) is 12.0 Å². The quantitative estimate of drug-likeness (QED) is 0.902. The molecule has 0 bridgehead atoms. The summed E-state index contributed by atoms with van der Waals surface area (Å²) in [7, 11) is 0. The normalized spacial score (nSPS) is 22.3. The van der Waals surface area contributed by atoms with E-state index in [-0.39, 0.29) is 5.91 Å². The van der Waals surface area contributed by atoms with Gasteiger partial charge >= 0.3 is 0 Å². The molecule has 2 nitrogen and oxygen atoms in total. The van der Waals surface area contributed by atoms with E-state index in [1.165, 1.54) is 12.8 Å². The van der Waals surface area contributed by atoms with Crippen LogP contribution in [0.3, 0.4) is 0 Å². The van der Waals surface area contributed by atoms with Crippen LogP contribution in [-0.2, 0) is 0 Å². The first-order valence-corrected chi connectivity index (χ1v) is 6.98. The number of rotatable bonds is 4. The van der Waals surface area contributed by atoms with Crippen molar-refractivity contribution in [3.8, 4) is 0 Å². The molecular weight excluding hydrogens is 278 g/mol. The highest BCUT2D eigenvalue weighted by molar-refractivity contribution is 9.10. The first-order chi connectivity index (χ1) is 8.11. The molecule has 3 heteroatoms. The van der Waals surface area contributed by atoms with Crippen molar-refractivity contribution in [2.75, 3.05) is 0 Å². The molecule has 0 heterocycles. The molecule has 1 fully saturated rings. The van der Waals surface area contributed by atoms with E-state index in [1.54, 1.807) is 0 Å². The molecule has 17 heavy (non-hydrogen) atoms. The van der Waals surface area contributed by atoms with Crippen LogP contribution in [0, 0.1) is 12.8 Å². The summed E-state index contributed by atoms with van der Waals surface area (Å²) in [6, 6.07) is 6.13. The van der Waals surface area contributed by atoms with E-state index in [0.717, 1.165) is 22.0 Å². The molecule has 1 aromatic carbocycles. The molecule has 92 valence electrons. The smallest absolute Gasteiger partial charge is 0.251 e. The van der Waals surface area contributed by atoms with Gasteiger partial charge in [0.25, 0.3) is 5.91 Å². The summed E-state index contributed by atoms with van der Waals surface area (Å²) < 4.78 is 1.05. The fraction of sp³-hybridized carbons (Fsp3) is 0.500. The summed E-state index contributed by atoms with van der Waals surface area (Å²) >= 11 is 3.44. The highest BCUT2D eigenvalue weighted by Gasteiger charge is 2.37. The van der Waals surface area contributed by atoms with Gasteiger partial charge in [0.1, 0.15) is 0 Å². The summed E-state index contributed by atoms with van der Waals surface area (Å²) in [5.41, 5.74) is 1.85. The monoisotopic (exact) mass is 295 g/mol. The zero-order chi connectivity index (χ0) is 12.4. The Hall–Kier alpha value is -0.830. The van der Waals surface area contributed by atoms with Crippen molar-refractivity contribution >= 4 is 21.8 Å². The number of hydrogen-bond donors (Lipinski definition) is 1. The summed E-state index contributed by atoms with van der Waals surface area (Å²) in [4.78, 5) is 12.0. The average molecular weight is 296 g/mol. The van der Waals surface area contributed by atoms with Gasteiger partial charge in [0.15, 0.2) is 0 Å². The van der Waals surface area contributed by atoms with E-state index in [9.17, 15) is 4.79 Å². The highest BCUT2D eigenvalue weighted by atomic mass is 79.9. The number of benzene rings is 1. The Morgan fingerprint density at radius 1 is 1.53 bits per heavy atom. The number of amides is 1. The van der Waals surface area contributed by atoms with Crippen molar-refractivity contribution in [1.29, 1.82) is 0 Å². The van der Waals surface area contributed by atoms with Gasteiger partial charge in [0, 0.05) is 16.1 Å². The third-order valence-corrected chi connectivity index (χ3v) is 4.21. The molecule has 0 aromatic heterocycles. The molecule has 1 saturated carbocycles. The molecule has 1 aliphatic rings. The maximum atomic E-state index is 12.0. The van der Waals surface area contributed by atoms with Crippen molar-refractivity contribution in [3.05, 3.63) is 33.8 Å². The Balaban J connectivity index is 1.94. The highest BCUT2D eigenvalue weighted by Crippen LogP contribution is 2.34. The van der Waals surface area contributed by atoms with E-state index in [1.807, 2.05) is 25.1 Å². The summed E-state index contributed by atoms with van der Waals surface area (Å²) in [6.07, 6.45) is 3.58. The number of carbonyl (C=O) groups excluding carboxylic acids is 1. The zero-order valence-electron chi connectivity index (χ0n) is 10.3. The number of nitrogens with one attached hydrogen (secondary N) is 1. The van der Waals surface area contributed by atoms with E-state index in [2.05, 4.69) is 28.2 Å². The number of hydrogen-bond acceptors (Lipinski definition) is 1. The molecule has 0 radical (unpaired) electrons. The lowest BCUT2D eigenvalue weighted by atomic mass is 10.1. The predicted octanol–water partition coefficient (Wildman–Crippen LogP) is 3.68. The predicted molar refractivity (Wildman–Crippen MR) is 73.1 cm³/mol. The Labute approximate surface area is 111 Å². The van der Waals surface area contributed by atoms with Crippen LogP contribution in [-0.4, -0.2) is 11.9 Å². The minimum atomic E-state index is 0.0594. The molecule has 2 unspecified atom stereocenters. The van der Waals surface area contributed by atoms with Gasteiger partial charge in [-0.15, -0.1) is 0 Å². The van der Waals surface area contributed by atoms with Crippen LogP contribution in [0.15, 0.2) is 22.7 Å². The fourth-order valence-corrected chi connectivity index (χ4v) is 2.40. The first kappa shape index (κ1) is 12.6. The Morgan fingerprint density at radius 3 is 2.94 bits per heavy atom. The summed E-state index contributed by atoms with van der Waals surface area (Å²) in [5.74, 6) is 0.768. The van der Waals surface area contributed by atoms with E-state index in [4.69, 9.17) is 0 Å². The average Bonchev–Trinajstić information content (AvgIpc) is 3.01. The third kappa shape index (κ3) is 3.09. The van der Waals surface area contributed by atoms with Crippen LogP contribution in [0.25, 0.3) is 0 Å². The van der Waals surface area contributed by atoms with Crippen LogP contribution >= 0.6 is 15.9 Å². The number of halogens is 1. The molecule has 1 aliphatic carbocycles. The first-order valence-electron chi connectivity index (χ1n) is 6.19. The third-order valence-electron chi connectivity index (χ3n) is 3.32. The van der Waals surface area contributed by atoms with Crippen molar-refractivity contribution in [1.82, 2.24) is 5.32 Å². The molecule has 1 aromatic rings. The van der Waals surface area contributed by atoms with Gasteiger partial charge in [-0.05, 0) is 49.4 Å². The Bertz CT molecular complexity index is 430. The second-order valence-electron chi connectivity index (χ2n) is 4.83. The van der Waals surface area contributed by atoms with Gasteiger partial charge in [-0.1, -0.05) is 29.3 Å². The summed E-state index contributed by atoms with van der Waals surface area (Å²) in [5, 5.41) is 3.10. The van der Waals surface area contributed by atoms with Crippen molar-refractivity contribution in [2.45, 2.75) is 39.2 Å². The molecule has 1 amide bonds. The lowest BCUT2D eigenvalue weighted by molar-refractivity contribution is 0.0948. The van der Waals surface area contributed by atoms with Gasteiger partial charge in [-0.3, -0.25) is 4.79 Å². The van der Waals surface area contributed by atoms with Gasteiger partial charge in [0.2, 0.25) is 0 Å². The lowest BCUT2D eigenvalue weighted by Crippen LogP contribution is -2.26. The zero-order valence-corrected chi connectivity index (χ0v) is 11.9. The Morgan fingerprint density at radius 2 is 2.29 bits per heavy atom. The van der Waals surface area contributed by atoms with Crippen molar-refractivity contribution in [2.24, 2.45) is 5.92 Å². The molecular formula is C14H18BrNO. The molecule has 2 rings (SSSR count). The molecule has 0 saturated heterocycles. The van der Waals surface area contributed by atoms with E-state index >= 15 is 0 Å². The minimum absolute atomic E-state index is 0.0594. The van der Waals surface area contributed by atoms with Crippen LogP contribution in [0.1, 0.15) is 42.1 Å². The second-order valence-corrected chi connectivity index (χ2v) is 5.68. The van der Waals surface area contributed by atoms with Crippen LogP contribution < -0.4 is 5.32 Å². The largest absolute Gasteiger partial charge is 0.349 e. The standard InChI is InChI=1S/C14H18BrNO/c1-3-4-10-8-13(10)16-14(17)11-5-6-12(15)9(2)7-11/h5-7,10,13H,3-4,8H2,1-2H3,(H,16,17). The summed E-state index contributed by atoms with van der Waals surface area (Å²) in [6.45, 7) is 4.19. The van der Waals surface area contributed by atoms with Gasteiger partial charge in [-0.25, -0.2) is 0 Å². The van der Waals surface area contributed by atoms with Crippen molar-refractivity contribution in [3.63, 3.8) is 0 Å². The van der Waals surface area contributed by atoms with Crippen molar-refractivity contribution < 1.29 is 4.79 Å².